The number of benzene rings is 1. The molecule has 25 heavy (non-hydrogen) atoms. The number of nitrogens with two attached hydrogens (primary N) is 1. The van der Waals surface area contributed by atoms with Crippen LogP contribution in [0.25, 0.3) is 0 Å². The van der Waals surface area contributed by atoms with Gasteiger partial charge in [-0.15, -0.1) is 24.0 Å². The van der Waals surface area contributed by atoms with Crippen molar-refractivity contribution in [2.45, 2.75) is 44.6 Å². The zero-order valence-corrected chi connectivity index (χ0v) is 18.2. The molecule has 142 valence electrons. The predicted molar refractivity (Wildman–Crippen MR) is 113 cm³/mol. The first-order chi connectivity index (χ1) is 11.5. The Kier molecular flexibility index (Phi) is 9.15. The number of hydrogen-bond acceptors (Lipinski definition) is 3. The Labute approximate surface area is 168 Å². The Morgan fingerprint density at radius 3 is 2.44 bits per heavy atom. The van der Waals surface area contributed by atoms with Crippen LogP contribution in [0.3, 0.4) is 0 Å². The first-order valence-electron chi connectivity index (χ1n) is 8.63. The van der Waals surface area contributed by atoms with Crippen LogP contribution >= 0.6 is 24.0 Å². The van der Waals surface area contributed by atoms with Crippen LogP contribution in [-0.2, 0) is 16.6 Å². The summed E-state index contributed by atoms with van der Waals surface area (Å²) < 4.78 is 27.1. The highest BCUT2D eigenvalue weighted by Gasteiger charge is 2.25. The maximum absolute atomic E-state index is 12.7. The quantitative estimate of drug-likeness (QED) is 0.386. The Balaban J connectivity index is 0.00000312. The SMILES string of the molecule is CCN(CC)C(N)=NCc1cccc(S(=O)(=O)N2CCCCC2)c1.I. The molecule has 1 aliphatic rings. The van der Waals surface area contributed by atoms with E-state index >= 15 is 0 Å². The van der Waals surface area contributed by atoms with Crippen molar-refractivity contribution in [1.82, 2.24) is 9.21 Å². The monoisotopic (exact) mass is 480 g/mol. The topological polar surface area (TPSA) is 79.0 Å². The van der Waals surface area contributed by atoms with Gasteiger partial charge < -0.3 is 10.6 Å². The summed E-state index contributed by atoms with van der Waals surface area (Å²) in [6.07, 6.45) is 2.97. The molecule has 1 aromatic carbocycles. The molecule has 0 spiro atoms. The van der Waals surface area contributed by atoms with E-state index in [9.17, 15) is 8.42 Å². The lowest BCUT2D eigenvalue weighted by molar-refractivity contribution is 0.346. The van der Waals surface area contributed by atoms with Crippen molar-refractivity contribution in [3.63, 3.8) is 0 Å². The molecular weight excluding hydrogens is 451 g/mol. The van der Waals surface area contributed by atoms with Crippen LogP contribution in [0.1, 0.15) is 38.7 Å². The largest absolute Gasteiger partial charge is 0.370 e. The summed E-state index contributed by atoms with van der Waals surface area (Å²) in [5.74, 6) is 0.490. The maximum Gasteiger partial charge on any atom is 0.243 e. The minimum atomic E-state index is -3.41. The summed E-state index contributed by atoms with van der Waals surface area (Å²) in [7, 11) is -3.41. The molecule has 0 aromatic heterocycles. The van der Waals surface area contributed by atoms with Gasteiger partial charge in [-0.2, -0.15) is 4.31 Å². The molecule has 1 heterocycles. The molecule has 1 fully saturated rings. The number of piperidine rings is 1. The van der Waals surface area contributed by atoms with Crippen molar-refractivity contribution in [3.8, 4) is 0 Å². The van der Waals surface area contributed by atoms with Crippen molar-refractivity contribution in [3.05, 3.63) is 29.8 Å². The number of aliphatic imine (C=N–C) groups is 1. The minimum Gasteiger partial charge on any atom is -0.370 e. The van der Waals surface area contributed by atoms with Crippen LogP contribution in [0.15, 0.2) is 34.2 Å². The molecule has 0 unspecified atom stereocenters. The second kappa shape index (κ2) is 10.3. The molecule has 0 bridgehead atoms. The number of nitrogens with zero attached hydrogens (tertiary/aromatic N) is 3. The van der Waals surface area contributed by atoms with Gasteiger partial charge in [-0.1, -0.05) is 18.6 Å². The van der Waals surface area contributed by atoms with E-state index in [4.69, 9.17) is 5.73 Å². The maximum atomic E-state index is 12.7. The van der Waals surface area contributed by atoms with Gasteiger partial charge in [0.15, 0.2) is 5.96 Å². The summed E-state index contributed by atoms with van der Waals surface area (Å²) >= 11 is 0. The Hall–Kier alpha value is -0.870. The van der Waals surface area contributed by atoms with Gasteiger partial charge >= 0.3 is 0 Å². The van der Waals surface area contributed by atoms with E-state index in [1.807, 2.05) is 24.8 Å². The molecule has 2 N–H and O–H groups in total. The normalized spacial score (nSPS) is 16.3. The van der Waals surface area contributed by atoms with Gasteiger partial charge in [0.05, 0.1) is 11.4 Å². The summed E-state index contributed by atoms with van der Waals surface area (Å²) in [5.41, 5.74) is 6.83. The summed E-state index contributed by atoms with van der Waals surface area (Å²) in [6.45, 7) is 7.25. The number of rotatable bonds is 6. The highest BCUT2D eigenvalue weighted by molar-refractivity contribution is 14.0. The van der Waals surface area contributed by atoms with Gasteiger partial charge in [-0.25, -0.2) is 13.4 Å². The molecule has 8 heteroatoms. The van der Waals surface area contributed by atoms with Crippen LogP contribution in [0.5, 0.6) is 0 Å². The summed E-state index contributed by atoms with van der Waals surface area (Å²) in [5, 5.41) is 0. The van der Waals surface area contributed by atoms with E-state index in [0.717, 1.165) is 37.9 Å². The molecular formula is C17H29IN4O2S. The molecule has 0 amide bonds. The number of sulfonamides is 1. The number of hydrogen-bond donors (Lipinski definition) is 1. The Morgan fingerprint density at radius 2 is 1.84 bits per heavy atom. The summed E-state index contributed by atoms with van der Waals surface area (Å²) in [4.78, 5) is 6.70. The van der Waals surface area contributed by atoms with E-state index in [0.29, 0.717) is 30.5 Å². The second-order valence-corrected chi connectivity index (χ2v) is 7.90. The van der Waals surface area contributed by atoms with Gasteiger partial charge in [0.1, 0.15) is 0 Å². The van der Waals surface area contributed by atoms with E-state index in [1.54, 1.807) is 22.5 Å². The van der Waals surface area contributed by atoms with Crippen molar-refractivity contribution in [1.29, 1.82) is 0 Å². The molecule has 6 nitrogen and oxygen atoms in total. The van der Waals surface area contributed by atoms with Crippen molar-refractivity contribution in [2.75, 3.05) is 26.2 Å². The fraction of sp³-hybridized carbons (Fsp3) is 0.588. The zero-order valence-electron chi connectivity index (χ0n) is 15.0. The molecule has 0 atom stereocenters. The highest BCUT2D eigenvalue weighted by atomic mass is 127. The average Bonchev–Trinajstić information content (AvgIpc) is 2.62. The van der Waals surface area contributed by atoms with Gasteiger partial charge in [0.25, 0.3) is 0 Å². The van der Waals surface area contributed by atoms with Crippen LogP contribution in [0, 0.1) is 0 Å². The molecule has 1 aliphatic heterocycles. The highest BCUT2D eigenvalue weighted by Crippen LogP contribution is 2.21. The third-order valence-electron chi connectivity index (χ3n) is 4.36. The average molecular weight is 480 g/mol. The van der Waals surface area contributed by atoms with Gasteiger partial charge in [-0.05, 0) is 44.4 Å². The molecule has 0 aliphatic carbocycles. The van der Waals surface area contributed by atoms with Gasteiger partial charge in [-0.3, -0.25) is 0 Å². The third-order valence-corrected chi connectivity index (χ3v) is 6.26. The van der Waals surface area contributed by atoms with Gasteiger partial charge in [0, 0.05) is 26.2 Å². The van der Waals surface area contributed by atoms with Crippen molar-refractivity contribution in [2.24, 2.45) is 10.7 Å². The fourth-order valence-corrected chi connectivity index (χ4v) is 4.47. The molecule has 1 aromatic rings. The third kappa shape index (κ3) is 5.82. The van der Waals surface area contributed by atoms with Gasteiger partial charge in [0.2, 0.25) is 10.0 Å². The number of halogens is 1. The lowest BCUT2D eigenvalue weighted by Gasteiger charge is -2.26. The predicted octanol–water partition coefficient (Wildman–Crippen LogP) is 2.64. The lowest BCUT2D eigenvalue weighted by atomic mass is 10.2. The first kappa shape index (κ1) is 22.2. The Bertz CT molecular complexity index is 669. The molecule has 0 radical (unpaired) electrons. The second-order valence-electron chi connectivity index (χ2n) is 5.96. The standard InChI is InChI=1S/C17H28N4O2S.HI/c1-3-20(4-2)17(18)19-14-15-9-8-10-16(13-15)24(22,23)21-11-6-5-7-12-21;/h8-10,13H,3-7,11-12,14H2,1-2H3,(H2,18,19);1H. The molecule has 2 rings (SSSR count). The first-order valence-corrected chi connectivity index (χ1v) is 10.1. The van der Waals surface area contributed by atoms with E-state index in [1.165, 1.54) is 0 Å². The molecule has 1 saturated heterocycles. The van der Waals surface area contributed by atoms with Crippen LogP contribution in [0.4, 0.5) is 0 Å². The van der Waals surface area contributed by atoms with E-state index in [-0.39, 0.29) is 24.0 Å². The minimum absolute atomic E-state index is 0. The van der Waals surface area contributed by atoms with Crippen LogP contribution < -0.4 is 5.73 Å². The number of guanidine groups is 1. The van der Waals surface area contributed by atoms with Crippen molar-refractivity contribution < 1.29 is 8.42 Å². The van der Waals surface area contributed by atoms with Crippen LogP contribution in [0.2, 0.25) is 0 Å². The van der Waals surface area contributed by atoms with E-state index < -0.39 is 10.0 Å². The summed E-state index contributed by atoms with van der Waals surface area (Å²) in [6, 6.07) is 7.03. The fourth-order valence-electron chi connectivity index (χ4n) is 2.88. The van der Waals surface area contributed by atoms with E-state index in [2.05, 4.69) is 4.99 Å². The van der Waals surface area contributed by atoms with Crippen molar-refractivity contribution >= 4 is 40.0 Å². The van der Waals surface area contributed by atoms with Crippen LogP contribution in [-0.4, -0.2) is 49.8 Å². The Morgan fingerprint density at radius 1 is 1.20 bits per heavy atom. The molecule has 0 saturated carbocycles. The lowest BCUT2D eigenvalue weighted by Crippen LogP contribution is -2.37. The zero-order chi connectivity index (χ0) is 17.6. The smallest absolute Gasteiger partial charge is 0.243 e.